The molecule has 0 heteroatoms. The number of allylic oxidation sites excluding steroid dienone is 4. The van der Waals surface area contributed by atoms with Gasteiger partial charge in [-0.2, -0.15) is 0 Å². The average Bonchev–Trinajstić information content (AvgIpc) is 2.23. The summed E-state index contributed by atoms with van der Waals surface area (Å²) in [4.78, 5) is 0. The minimum Gasteiger partial charge on any atom is -0.0773 e. The molecule has 8 heavy (non-hydrogen) atoms. The van der Waals surface area contributed by atoms with Crippen molar-refractivity contribution in [2.24, 2.45) is 11.8 Å². The van der Waals surface area contributed by atoms with Gasteiger partial charge in [-0.25, -0.2) is 0 Å². The largest absolute Gasteiger partial charge is 0.0773 e. The molecule has 0 N–H and O–H groups in total. The van der Waals surface area contributed by atoms with Gasteiger partial charge in [0.15, 0.2) is 0 Å². The van der Waals surface area contributed by atoms with Gasteiger partial charge in [0, 0.05) is 0 Å². The Morgan fingerprint density at radius 3 is 2.75 bits per heavy atom. The van der Waals surface area contributed by atoms with Gasteiger partial charge in [-0.05, 0) is 23.8 Å². The zero-order valence-electron chi connectivity index (χ0n) is 5.09. The van der Waals surface area contributed by atoms with Gasteiger partial charge < -0.3 is 0 Å². The van der Waals surface area contributed by atoms with Gasteiger partial charge in [0.1, 0.15) is 0 Å². The first-order valence-corrected chi connectivity index (χ1v) is 3.26. The molecule has 0 radical (unpaired) electrons. The van der Waals surface area contributed by atoms with Crippen molar-refractivity contribution in [2.45, 2.75) is 13.3 Å². The number of hydrogen-bond donors (Lipinski definition) is 0. The summed E-state index contributed by atoms with van der Waals surface area (Å²) >= 11 is 0. The van der Waals surface area contributed by atoms with E-state index in [1.807, 2.05) is 0 Å². The molecule has 42 valence electrons. The van der Waals surface area contributed by atoms with Crippen molar-refractivity contribution in [3.8, 4) is 0 Å². The van der Waals surface area contributed by atoms with Crippen molar-refractivity contribution in [3.63, 3.8) is 0 Å². The van der Waals surface area contributed by atoms with E-state index >= 15 is 0 Å². The van der Waals surface area contributed by atoms with E-state index in [0.29, 0.717) is 0 Å². The van der Waals surface area contributed by atoms with Gasteiger partial charge >= 0.3 is 0 Å². The Hall–Kier alpha value is -0.520. The molecular formula is C8H10. The van der Waals surface area contributed by atoms with Crippen LogP contribution in [0.25, 0.3) is 0 Å². The van der Waals surface area contributed by atoms with Crippen LogP contribution >= 0.6 is 0 Å². The van der Waals surface area contributed by atoms with E-state index in [-0.39, 0.29) is 0 Å². The molecule has 0 saturated heterocycles. The Morgan fingerprint density at radius 1 is 1.62 bits per heavy atom. The van der Waals surface area contributed by atoms with Crippen molar-refractivity contribution in [1.82, 2.24) is 0 Å². The highest BCUT2D eigenvalue weighted by molar-refractivity contribution is 5.35. The second-order valence-corrected chi connectivity index (χ2v) is 2.83. The molecule has 0 nitrogen and oxygen atoms in total. The maximum absolute atomic E-state index is 2.38. The molecule has 0 heterocycles. The van der Waals surface area contributed by atoms with E-state index in [1.165, 1.54) is 6.42 Å². The summed E-state index contributed by atoms with van der Waals surface area (Å²) in [6.45, 7) is 2.30. The predicted octanol–water partition coefficient (Wildman–Crippen LogP) is 2.14. The Morgan fingerprint density at radius 2 is 2.50 bits per heavy atom. The Bertz CT molecular complexity index is 163. The molecule has 0 aromatic rings. The lowest BCUT2D eigenvalue weighted by Gasteiger charge is -2.08. The van der Waals surface area contributed by atoms with Crippen molar-refractivity contribution in [1.29, 1.82) is 0 Å². The third-order valence-electron chi connectivity index (χ3n) is 2.14. The van der Waals surface area contributed by atoms with Crippen LogP contribution in [0.15, 0.2) is 23.8 Å². The van der Waals surface area contributed by atoms with Crippen molar-refractivity contribution < 1.29 is 0 Å². The van der Waals surface area contributed by atoms with Crippen LogP contribution in [-0.2, 0) is 0 Å². The highest BCUT2D eigenvalue weighted by Crippen LogP contribution is 2.36. The zero-order valence-corrected chi connectivity index (χ0v) is 5.09. The molecule has 0 aromatic carbocycles. The van der Waals surface area contributed by atoms with Crippen LogP contribution in [0.2, 0.25) is 0 Å². The zero-order chi connectivity index (χ0) is 5.56. The third kappa shape index (κ3) is 0.405. The quantitative estimate of drug-likeness (QED) is 0.444. The summed E-state index contributed by atoms with van der Waals surface area (Å²) in [5.74, 6) is 1.66. The minimum absolute atomic E-state index is 0.806. The Balaban J connectivity index is 2.36. The van der Waals surface area contributed by atoms with Crippen LogP contribution in [0.3, 0.4) is 0 Å². The van der Waals surface area contributed by atoms with Gasteiger partial charge in [0.05, 0.1) is 0 Å². The molecule has 0 spiro atoms. The van der Waals surface area contributed by atoms with Crippen LogP contribution in [0.4, 0.5) is 0 Å². The number of fused-ring (bicyclic) bond motifs is 1. The van der Waals surface area contributed by atoms with Crippen molar-refractivity contribution >= 4 is 0 Å². The lowest BCUT2D eigenvalue weighted by Crippen LogP contribution is -1.96. The smallest absolute Gasteiger partial charge is 0.00387 e. The summed E-state index contributed by atoms with van der Waals surface area (Å²) in [6.07, 6.45) is 8.31. The standard InChI is InChI=1S/C8H10/c1-6-4-7-2-3-8(6)5-7/h2-3,5-7H,4H2,1H3. The van der Waals surface area contributed by atoms with Crippen molar-refractivity contribution in [3.05, 3.63) is 23.8 Å². The van der Waals surface area contributed by atoms with E-state index in [4.69, 9.17) is 0 Å². The molecule has 0 saturated carbocycles. The second kappa shape index (κ2) is 1.25. The molecule has 2 rings (SSSR count). The lowest BCUT2D eigenvalue weighted by atomic mass is 9.97. The van der Waals surface area contributed by atoms with E-state index in [2.05, 4.69) is 25.2 Å². The molecule has 2 aliphatic rings. The number of rotatable bonds is 0. The van der Waals surface area contributed by atoms with E-state index < -0.39 is 0 Å². The van der Waals surface area contributed by atoms with Gasteiger partial charge in [-0.3, -0.25) is 0 Å². The summed E-state index contributed by atoms with van der Waals surface area (Å²) < 4.78 is 0. The van der Waals surface area contributed by atoms with Crippen LogP contribution in [0.5, 0.6) is 0 Å². The van der Waals surface area contributed by atoms with Crippen molar-refractivity contribution in [2.75, 3.05) is 0 Å². The summed E-state index contributed by atoms with van der Waals surface area (Å²) in [6, 6.07) is 0. The molecule has 0 amide bonds. The first kappa shape index (κ1) is 4.37. The maximum atomic E-state index is 2.38. The fourth-order valence-corrected chi connectivity index (χ4v) is 1.61. The average molecular weight is 106 g/mol. The molecule has 2 bridgehead atoms. The van der Waals surface area contributed by atoms with Crippen LogP contribution in [0.1, 0.15) is 13.3 Å². The summed E-state index contributed by atoms with van der Waals surface area (Å²) in [5.41, 5.74) is 1.56. The highest BCUT2D eigenvalue weighted by atomic mass is 14.3. The normalized spacial score (nSPS) is 40.9. The molecule has 2 atom stereocenters. The van der Waals surface area contributed by atoms with Crippen LogP contribution in [0, 0.1) is 11.8 Å². The Labute approximate surface area is 49.9 Å². The van der Waals surface area contributed by atoms with Gasteiger partial charge in [0.2, 0.25) is 0 Å². The minimum atomic E-state index is 0.806. The fraction of sp³-hybridized carbons (Fsp3) is 0.500. The summed E-state index contributed by atoms with van der Waals surface area (Å²) in [7, 11) is 0. The molecule has 2 unspecified atom stereocenters. The molecule has 0 aliphatic heterocycles. The summed E-state index contributed by atoms with van der Waals surface area (Å²) in [5, 5.41) is 0. The lowest BCUT2D eigenvalue weighted by molar-refractivity contribution is 0.601. The van der Waals surface area contributed by atoms with E-state index in [9.17, 15) is 0 Å². The maximum Gasteiger partial charge on any atom is -0.00387 e. The topological polar surface area (TPSA) is 0 Å². The second-order valence-electron chi connectivity index (χ2n) is 2.83. The van der Waals surface area contributed by atoms with E-state index in [0.717, 1.165) is 11.8 Å². The predicted molar refractivity (Wildman–Crippen MR) is 34.5 cm³/mol. The van der Waals surface area contributed by atoms with Gasteiger partial charge in [-0.1, -0.05) is 25.2 Å². The third-order valence-corrected chi connectivity index (χ3v) is 2.14. The fourth-order valence-electron chi connectivity index (χ4n) is 1.61. The first-order valence-electron chi connectivity index (χ1n) is 3.26. The number of hydrogen-bond acceptors (Lipinski definition) is 0. The molecular weight excluding hydrogens is 96.1 g/mol. The van der Waals surface area contributed by atoms with Crippen LogP contribution < -0.4 is 0 Å². The highest BCUT2D eigenvalue weighted by Gasteiger charge is 2.23. The molecule has 2 aliphatic carbocycles. The SMILES string of the molecule is CC1CC2C=CC1=C2. The Kier molecular flexibility index (Phi) is 0.682. The monoisotopic (exact) mass is 106 g/mol. The van der Waals surface area contributed by atoms with Gasteiger partial charge in [-0.15, -0.1) is 0 Å². The van der Waals surface area contributed by atoms with Gasteiger partial charge in [0.25, 0.3) is 0 Å². The van der Waals surface area contributed by atoms with E-state index in [1.54, 1.807) is 5.57 Å². The molecule has 0 fully saturated rings. The first-order chi connectivity index (χ1) is 3.86. The molecule has 0 aromatic heterocycles. The van der Waals surface area contributed by atoms with Crippen LogP contribution in [-0.4, -0.2) is 0 Å².